The molecule has 0 N–H and O–H groups in total. The molecule has 1 aliphatic heterocycles. The highest BCUT2D eigenvalue weighted by molar-refractivity contribution is 7.89. The maximum Gasteiger partial charge on any atom is 0.337 e. The SMILES string of the molecule is COC(=O)c1ccc(OC(=O)C2CCCN2S(=O)(=O)c2c(C)cc(C)cc2C)cc1. The summed E-state index contributed by atoms with van der Waals surface area (Å²) < 4.78 is 38.0. The number of nitrogens with zero attached hydrogens (tertiary/aromatic N) is 1. The second-order valence-electron chi connectivity index (χ2n) is 7.44. The van der Waals surface area contributed by atoms with Crippen molar-refractivity contribution in [2.75, 3.05) is 13.7 Å². The van der Waals surface area contributed by atoms with Crippen molar-refractivity contribution in [2.45, 2.75) is 44.6 Å². The number of benzene rings is 2. The molecule has 2 aromatic carbocycles. The van der Waals surface area contributed by atoms with E-state index in [9.17, 15) is 18.0 Å². The Morgan fingerprint density at radius 3 is 2.20 bits per heavy atom. The zero-order chi connectivity index (χ0) is 22.1. The van der Waals surface area contributed by atoms with E-state index in [0.29, 0.717) is 29.5 Å². The predicted molar refractivity (Wildman–Crippen MR) is 111 cm³/mol. The molecule has 0 spiro atoms. The molecule has 7 nitrogen and oxygen atoms in total. The summed E-state index contributed by atoms with van der Waals surface area (Å²) in [4.78, 5) is 24.5. The summed E-state index contributed by atoms with van der Waals surface area (Å²) in [7, 11) is -2.57. The van der Waals surface area contributed by atoms with Gasteiger partial charge in [0.25, 0.3) is 0 Å². The quantitative estimate of drug-likeness (QED) is 0.534. The number of ether oxygens (including phenoxy) is 2. The Balaban J connectivity index is 1.83. The predicted octanol–water partition coefficient (Wildman–Crippen LogP) is 3.16. The summed E-state index contributed by atoms with van der Waals surface area (Å²) in [5, 5.41) is 0. The lowest BCUT2D eigenvalue weighted by Crippen LogP contribution is -2.42. The van der Waals surface area contributed by atoms with Crippen molar-refractivity contribution in [3.8, 4) is 5.75 Å². The maximum atomic E-state index is 13.4. The third-order valence-electron chi connectivity index (χ3n) is 5.14. The molecule has 1 atom stereocenters. The molecule has 30 heavy (non-hydrogen) atoms. The van der Waals surface area contributed by atoms with Crippen LogP contribution >= 0.6 is 0 Å². The molecule has 0 aliphatic carbocycles. The minimum Gasteiger partial charge on any atom is -0.465 e. The topological polar surface area (TPSA) is 90.0 Å². The largest absolute Gasteiger partial charge is 0.465 e. The van der Waals surface area contributed by atoms with E-state index in [-0.39, 0.29) is 17.2 Å². The molecule has 1 fully saturated rings. The van der Waals surface area contributed by atoms with Gasteiger partial charge in [-0.3, -0.25) is 0 Å². The number of esters is 2. The Morgan fingerprint density at radius 2 is 1.63 bits per heavy atom. The molecule has 0 aromatic heterocycles. The average Bonchev–Trinajstić information content (AvgIpc) is 3.18. The van der Waals surface area contributed by atoms with Gasteiger partial charge in [0.1, 0.15) is 11.8 Å². The van der Waals surface area contributed by atoms with E-state index in [0.717, 1.165) is 5.56 Å². The van der Waals surface area contributed by atoms with Crippen molar-refractivity contribution in [3.05, 3.63) is 58.7 Å². The van der Waals surface area contributed by atoms with Gasteiger partial charge in [0.05, 0.1) is 17.6 Å². The van der Waals surface area contributed by atoms with E-state index in [1.807, 2.05) is 19.1 Å². The van der Waals surface area contributed by atoms with E-state index in [1.165, 1.54) is 35.7 Å². The molecule has 1 aliphatic rings. The van der Waals surface area contributed by atoms with Gasteiger partial charge in [-0.05, 0) is 69.0 Å². The summed E-state index contributed by atoms with van der Waals surface area (Å²) >= 11 is 0. The molecular formula is C22H25NO6S. The van der Waals surface area contributed by atoms with Crippen LogP contribution in [0.5, 0.6) is 5.75 Å². The number of carbonyl (C=O) groups is 2. The number of aryl methyl sites for hydroxylation is 3. The second-order valence-corrected chi connectivity index (χ2v) is 9.27. The van der Waals surface area contributed by atoms with E-state index >= 15 is 0 Å². The van der Waals surface area contributed by atoms with Crippen LogP contribution in [0.2, 0.25) is 0 Å². The van der Waals surface area contributed by atoms with Crippen LogP contribution < -0.4 is 4.74 Å². The standard InChI is InChI=1S/C22H25NO6S/c1-14-12-15(2)20(16(3)13-14)30(26,27)23-11-5-6-19(23)22(25)29-18-9-7-17(8-10-18)21(24)28-4/h7-10,12-13,19H,5-6,11H2,1-4H3. The van der Waals surface area contributed by atoms with Gasteiger partial charge in [-0.25, -0.2) is 18.0 Å². The minimum atomic E-state index is -3.85. The van der Waals surface area contributed by atoms with Gasteiger partial charge < -0.3 is 9.47 Å². The first-order valence-corrected chi connectivity index (χ1v) is 11.1. The van der Waals surface area contributed by atoms with Crippen molar-refractivity contribution >= 4 is 22.0 Å². The fraction of sp³-hybridized carbons (Fsp3) is 0.364. The fourth-order valence-electron chi connectivity index (χ4n) is 3.92. The molecular weight excluding hydrogens is 406 g/mol. The molecule has 1 unspecified atom stereocenters. The van der Waals surface area contributed by atoms with Gasteiger partial charge >= 0.3 is 11.9 Å². The molecule has 0 amide bonds. The third kappa shape index (κ3) is 4.24. The number of methoxy groups -OCH3 is 1. The Hall–Kier alpha value is -2.71. The van der Waals surface area contributed by atoms with Gasteiger partial charge in [0.2, 0.25) is 10.0 Å². The molecule has 0 bridgehead atoms. The Labute approximate surface area is 176 Å². The lowest BCUT2D eigenvalue weighted by Gasteiger charge is -2.24. The number of hydrogen-bond donors (Lipinski definition) is 0. The van der Waals surface area contributed by atoms with Crippen LogP contribution in [0, 0.1) is 20.8 Å². The molecule has 0 radical (unpaired) electrons. The summed E-state index contributed by atoms with van der Waals surface area (Å²) in [6.07, 6.45) is 0.965. The van der Waals surface area contributed by atoms with Crippen LogP contribution in [0.3, 0.4) is 0 Å². The minimum absolute atomic E-state index is 0.236. The summed E-state index contributed by atoms with van der Waals surface area (Å²) in [5.41, 5.74) is 2.62. The van der Waals surface area contributed by atoms with Crippen LogP contribution in [0.1, 0.15) is 39.9 Å². The number of carbonyl (C=O) groups excluding carboxylic acids is 2. The first kappa shape index (κ1) is 22.0. The summed E-state index contributed by atoms with van der Waals surface area (Å²) in [5.74, 6) is -0.895. The van der Waals surface area contributed by atoms with Gasteiger partial charge in [-0.1, -0.05) is 17.7 Å². The highest BCUT2D eigenvalue weighted by Gasteiger charge is 2.41. The van der Waals surface area contributed by atoms with Crippen molar-refractivity contribution in [1.82, 2.24) is 4.31 Å². The number of sulfonamides is 1. The Morgan fingerprint density at radius 1 is 1.03 bits per heavy atom. The Bertz CT molecular complexity index is 1050. The van der Waals surface area contributed by atoms with Gasteiger partial charge in [0.15, 0.2) is 0 Å². The van der Waals surface area contributed by atoms with Gasteiger partial charge in [0, 0.05) is 6.54 Å². The molecule has 1 heterocycles. The lowest BCUT2D eigenvalue weighted by molar-refractivity contribution is -0.137. The van der Waals surface area contributed by atoms with Crippen molar-refractivity contribution in [2.24, 2.45) is 0 Å². The van der Waals surface area contributed by atoms with E-state index in [2.05, 4.69) is 4.74 Å². The summed E-state index contributed by atoms with van der Waals surface area (Å²) in [6, 6.07) is 8.68. The number of rotatable bonds is 5. The number of hydrogen-bond acceptors (Lipinski definition) is 6. The maximum absolute atomic E-state index is 13.4. The molecule has 1 saturated heterocycles. The van der Waals surface area contributed by atoms with Crippen LogP contribution in [-0.4, -0.2) is 44.4 Å². The van der Waals surface area contributed by atoms with Gasteiger partial charge in [-0.2, -0.15) is 4.31 Å². The molecule has 0 saturated carbocycles. The smallest absolute Gasteiger partial charge is 0.337 e. The van der Waals surface area contributed by atoms with Crippen LogP contribution in [0.15, 0.2) is 41.3 Å². The van der Waals surface area contributed by atoms with Crippen molar-refractivity contribution in [3.63, 3.8) is 0 Å². The Kier molecular flexibility index (Phi) is 6.28. The third-order valence-corrected chi connectivity index (χ3v) is 7.36. The molecule has 3 rings (SSSR count). The van der Waals surface area contributed by atoms with Crippen LogP contribution in [0.4, 0.5) is 0 Å². The lowest BCUT2D eigenvalue weighted by atomic mass is 10.1. The zero-order valence-corrected chi connectivity index (χ0v) is 18.3. The first-order valence-electron chi connectivity index (χ1n) is 9.65. The van der Waals surface area contributed by atoms with Crippen LogP contribution in [0.25, 0.3) is 0 Å². The van der Waals surface area contributed by atoms with Crippen molar-refractivity contribution in [1.29, 1.82) is 0 Å². The van der Waals surface area contributed by atoms with Crippen LogP contribution in [-0.2, 0) is 19.6 Å². The molecule has 160 valence electrons. The van der Waals surface area contributed by atoms with E-state index < -0.39 is 28.0 Å². The first-order chi connectivity index (χ1) is 14.1. The fourth-order valence-corrected chi connectivity index (χ4v) is 5.98. The highest BCUT2D eigenvalue weighted by Crippen LogP contribution is 2.31. The van der Waals surface area contributed by atoms with E-state index in [4.69, 9.17) is 4.74 Å². The zero-order valence-electron chi connectivity index (χ0n) is 17.5. The molecule has 2 aromatic rings. The molecule has 8 heteroatoms. The monoisotopic (exact) mass is 431 g/mol. The average molecular weight is 432 g/mol. The van der Waals surface area contributed by atoms with Gasteiger partial charge in [-0.15, -0.1) is 0 Å². The normalized spacial score (nSPS) is 17.0. The van der Waals surface area contributed by atoms with Crippen molar-refractivity contribution < 1.29 is 27.5 Å². The highest BCUT2D eigenvalue weighted by atomic mass is 32.2. The summed E-state index contributed by atoms with van der Waals surface area (Å²) in [6.45, 7) is 5.70. The van der Waals surface area contributed by atoms with E-state index in [1.54, 1.807) is 13.8 Å². The second kappa shape index (κ2) is 8.57.